The van der Waals surface area contributed by atoms with Gasteiger partial charge in [0, 0.05) is 23.7 Å². The van der Waals surface area contributed by atoms with E-state index in [0.29, 0.717) is 52.1 Å². The van der Waals surface area contributed by atoms with Gasteiger partial charge in [-0.1, -0.05) is 18.7 Å². The highest BCUT2D eigenvalue weighted by atomic mass is 32.1. The number of hydrogen-bond donors (Lipinski definition) is 4. The first-order valence-corrected chi connectivity index (χ1v) is 12.6. The number of aliphatic hydroxyl groups is 1. The number of aliphatic hydroxyl groups excluding tert-OH is 1. The summed E-state index contributed by atoms with van der Waals surface area (Å²) in [6.45, 7) is 6.33. The summed E-state index contributed by atoms with van der Waals surface area (Å²) in [6, 6.07) is 16.2. The van der Waals surface area contributed by atoms with Crippen LogP contribution in [-0.4, -0.2) is 39.6 Å². The largest absolute Gasteiger partial charge is 0.396 e. The molecule has 1 atom stereocenters. The third-order valence-electron chi connectivity index (χ3n) is 5.58. The van der Waals surface area contributed by atoms with Gasteiger partial charge in [0.25, 0.3) is 5.91 Å². The first-order chi connectivity index (χ1) is 17.9. The average molecular weight is 522 g/mol. The smallest absolute Gasteiger partial charge is 0.268 e. The second-order valence-electron chi connectivity index (χ2n) is 8.36. The number of amides is 2. The van der Waals surface area contributed by atoms with E-state index < -0.39 is 12.1 Å². The van der Waals surface area contributed by atoms with Gasteiger partial charge in [0.05, 0.1) is 21.6 Å². The number of benzene rings is 2. The molecule has 4 rings (SSSR count). The van der Waals surface area contributed by atoms with E-state index in [-0.39, 0.29) is 12.5 Å². The van der Waals surface area contributed by atoms with Crippen molar-refractivity contribution in [2.45, 2.75) is 26.1 Å². The molecule has 0 bridgehead atoms. The first-order valence-electron chi connectivity index (χ1n) is 11.8. The number of nitrogens with one attached hydrogen (secondary N) is 3. The number of anilines is 2. The quantitative estimate of drug-likeness (QED) is 0.165. The third-order valence-corrected chi connectivity index (χ3v) is 6.82. The number of hydrogen-bond acceptors (Lipinski definition) is 6. The fraction of sp³-hybridized carbons (Fsp3) is 0.222. The zero-order chi connectivity index (χ0) is 26.4. The van der Waals surface area contributed by atoms with Gasteiger partial charge in [0.15, 0.2) is 0 Å². The van der Waals surface area contributed by atoms with E-state index in [1.807, 2.05) is 24.3 Å². The van der Waals surface area contributed by atoms with Gasteiger partial charge in [-0.2, -0.15) is 0 Å². The minimum atomic E-state index is -1.16. The Labute approximate surface area is 217 Å². The van der Waals surface area contributed by atoms with Crippen LogP contribution in [0, 0.1) is 0 Å². The summed E-state index contributed by atoms with van der Waals surface area (Å²) in [5, 5.41) is 17.9. The highest BCUT2D eigenvalue weighted by Crippen LogP contribution is 2.29. The molecule has 0 aliphatic heterocycles. The van der Waals surface area contributed by atoms with Crippen LogP contribution in [0.15, 0.2) is 67.3 Å². The van der Waals surface area contributed by atoms with E-state index in [1.165, 1.54) is 13.0 Å². The molecular formula is C27H28FN5O3S. The summed E-state index contributed by atoms with van der Waals surface area (Å²) in [5.41, 5.74) is 3.66. The number of imidazole rings is 1. The highest BCUT2D eigenvalue weighted by Gasteiger charge is 2.19. The standard InChI is InChI=1S/C27H28FN5O3S/c1-3-25(35)30-19-6-4-7-20(15-19)33-22-9-8-18(16-29-12-5-13-34)14-21(22)31-27(33)32-26(36)24-11-10-23(37-24)17(2)28/h3-4,6-11,14-15,17,29,34H,1,5,12-13,16H2,2H3,(H,30,35)(H,31,32,36). The summed E-state index contributed by atoms with van der Waals surface area (Å²) < 4.78 is 15.5. The number of rotatable bonds is 11. The number of aromatic nitrogens is 2. The molecule has 2 aromatic carbocycles. The van der Waals surface area contributed by atoms with Crippen molar-refractivity contribution in [3.05, 3.63) is 82.6 Å². The number of fused-ring (bicyclic) bond motifs is 1. The van der Waals surface area contributed by atoms with E-state index in [0.717, 1.165) is 22.4 Å². The number of thiophene rings is 1. The molecule has 0 fully saturated rings. The zero-order valence-corrected chi connectivity index (χ0v) is 21.1. The molecule has 0 aliphatic carbocycles. The molecule has 192 valence electrons. The third kappa shape index (κ3) is 6.29. The van der Waals surface area contributed by atoms with Gasteiger partial charge in [-0.05, 0) is 74.0 Å². The Balaban J connectivity index is 1.72. The van der Waals surface area contributed by atoms with E-state index in [1.54, 1.807) is 34.9 Å². The highest BCUT2D eigenvalue weighted by molar-refractivity contribution is 7.14. The lowest BCUT2D eigenvalue weighted by molar-refractivity contribution is -0.111. The molecule has 1 unspecified atom stereocenters. The molecule has 4 aromatic rings. The summed E-state index contributed by atoms with van der Waals surface area (Å²) in [5.74, 6) is -0.439. The maximum Gasteiger partial charge on any atom is 0.268 e. The van der Waals surface area contributed by atoms with Crippen molar-refractivity contribution >= 4 is 45.8 Å². The first kappa shape index (κ1) is 26.2. The number of alkyl halides is 1. The summed E-state index contributed by atoms with van der Waals surface area (Å²) in [4.78, 5) is 30.4. The van der Waals surface area contributed by atoms with Crippen LogP contribution in [0.5, 0.6) is 0 Å². The lowest BCUT2D eigenvalue weighted by Crippen LogP contribution is -2.15. The predicted molar refractivity (Wildman–Crippen MR) is 145 cm³/mol. The van der Waals surface area contributed by atoms with Gasteiger partial charge in [-0.25, -0.2) is 9.37 Å². The topological polar surface area (TPSA) is 108 Å². The van der Waals surface area contributed by atoms with E-state index in [9.17, 15) is 14.0 Å². The fourth-order valence-electron chi connectivity index (χ4n) is 3.79. The van der Waals surface area contributed by atoms with Crippen LogP contribution in [0.25, 0.3) is 16.7 Å². The number of carbonyl (C=O) groups is 2. The van der Waals surface area contributed by atoms with Crippen LogP contribution in [0.1, 0.15) is 39.6 Å². The SMILES string of the molecule is C=CC(=O)Nc1cccc(-n2c(NC(=O)c3ccc(C(C)F)s3)nc3cc(CNCCCO)ccc32)c1. The molecule has 2 aromatic heterocycles. The van der Waals surface area contributed by atoms with Crippen LogP contribution >= 0.6 is 11.3 Å². The van der Waals surface area contributed by atoms with Gasteiger partial charge >= 0.3 is 0 Å². The monoisotopic (exact) mass is 521 g/mol. The van der Waals surface area contributed by atoms with Gasteiger partial charge in [0.1, 0.15) is 6.17 Å². The molecule has 2 amide bonds. The van der Waals surface area contributed by atoms with Gasteiger partial charge in [-0.15, -0.1) is 11.3 Å². The van der Waals surface area contributed by atoms with Crippen molar-refractivity contribution in [1.29, 1.82) is 0 Å². The zero-order valence-electron chi connectivity index (χ0n) is 20.3. The average Bonchev–Trinajstić information content (AvgIpc) is 3.52. The molecule has 10 heteroatoms. The minimum absolute atomic E-state index is 0.127. The van der Waals surface area contributed by atoms with Gasteiger partial charge in [0.2, 0.25) is 11.9 Å². The molecule has 0 aliphatic rings. The molecule has 0 spiro atoms. The Morgan fingerprint density at radius 2 is 2.03 bits per heavy atom. The Morgan fingerprint density at radius 1 is 1.19 bits per heavy atom. The molecule has 0 saturated heterocycles. The maximum absolute atomic E-state index is 13.7. The Morgan fingerprint density at radius 3 is 2.76 bits per heavy atom. The summed E-state index contributed by atoms with van der Waals surface area (Å²) in [6.07, 6.45) is 0.695. The van der Waals surface area contributed by atoms with Crippen molar-refractivity contribution in [2.75, 3.05) is 23.8 Å². The van der Waals surface area contributed by atoms with E-state index >= 15 is 0 Å². The number of nitrogens with zero attached hydrogens (tertiary/aromatic N) is 2. The second kappa shape index (κ2) is 11.9. The number of halogens is 1. The van der Waals surface area contributed by atoms with Gasteiger partial charge < -0.3 is 15.7 Å². The Kier molecular flexibility index (Phi) is 8.44. The fourth-order valence-corrected chi connectivity index (χ4v) is 4.62. The molecule has 0 radical (unpaired) electrons. The minimum Gasteiger partial charge on any atom is -0.396 e. The molecule has 2 heterocycles. The normalized spacial score (nSPS) is 11.9. The Bertz CT molecular complexity index is 1430. The lowest BCUT2D eigenvalue weighted by Gasteiger charge is -2.12. The van der Waals surface area contributed by atoms with Crippen molar-refractivity contribution in [1.82, 2.24) is 14.9 Å². The van der Waals surface area contributed by atoms with Crippen LogP contribution in [-0.2, 0) is 11.3 Å². The number of carbonyl (C=O) groups excluding carboxylic acids is 2. The molecular weight excluding hydrogens is 493 g/mol. The van der Waals surface area contributed by atoms with Crippen LogP contribution in [0.3, 0.4) is 0 Å². The summed E-state index contributed by atoms with van der Waals surface area (Å²) >= 11 is 1.10. The molecule has 37 heavy (non-hydrogen) atoms. The maximum atomic E-state index is 13.7. The van der Waals surface area contributed by atoms with Crippen molar-refractivity contribution < 1.29 is 19.1 Å². The van der Waals surface area contributed by atoms with Crippen LogP contribution in [0.4, 0.5) is 16.0 Å². The molecule has 8 nitrogen and oxygen atoms in total. The van der Waals surface area contributed by atoms with E-state index in [4.69, 9.17) is 10.1 Å². The van der Waals surface area contributed by atoms with Crippen molar-refractivity contribution in [3.63, 3.8) is 0 Å². The molecule has 4 N–H and O–H groups in total. The van der Waals surface area contributed by atoms with E-state index in [2.05, 4.69) is 22.5 Å². The van der Waals surface area contributed by atoms with Crippen molar-refractivity contribution in [2.24, 2.45) is 0 Å². The predicted octanol–water partition coefficient (Wildman–Crippen LogP) is 4.97. The van der Waals surface area contributed by atoms with Crippen LogP contribution in [0.2, 0.25) is 0 Å². The van der Waals surface area contributed by atoms with Crippen molar-refractivity contribution in [3.8, 4) is 5.69 Å². The Hall–Kier alpha value is -3.86. The molecule has 0 saturated carbocycles. The lowest BCUT2D eigenvalue weighted by atomic mass is 10.2. The summed E-state index contributed by atoms with van der Waals surface area (Å²) in [7, 11) is 0. The second-order valence-corrected chi connectivity index (χ2v) is 9.48. The van der Waals surface area contributed by atoms with Gasteiger partial charge in [-0.3, -0.25) is 19.5 Å². The van der Waals surface area contributed by atoms with Crippen LogP contribution < -0.4 is 16.0 Å².